The van der Waals surface area contributed by atoms with Gasteiger partial charge in [0.25, 0.3) is 0 Å². The number of aliphatic carboxylic acids is 1. The summed E-state index contributed by atoms with van der Waals surface area (Å²) in [5, 5.41) is 18.6. The summed E-state index contributed by atoms with van der Waals surface area (Å²) in [4.78, 5) is 23.8. The molecule has 1 amide bonds. The van der Waals surface area contributed by atoms with Gasteiger partial charge in [-0.05, 0) is 19.4 Å². The van der Waals surface area contributed by atoms with Gasteiger partial charge < -0.3 is 10.4 Å². The van der Waals surface area contributed by atoms with E-state index in [1.165, 1.54) is 0 Å². The Balaban J connectivity index is 2.19. The summed E-state index contributed by atoms with van der Waals surface area (Å²) < 4.78 is 0. The smallest absolute Gasteiger partial charge is 0.314 e. The molecule has 1 aromatic carbocycles. The van der Waals surface area contributed by atoms with Crippen LogP contribution in [0.3, 0.4) is 0 Å². The molecule has 2 aromatic rings. The van der Waals surface area contributed by atoms with Crippen LogP contribution in [0.2, 0.25) is 0 Å². The summed E-state index contributed by atoms with van der Waals surface area (Å²) >= 11 is 0. The third-order valence-electron chi connectivity index (χ3n) is 3.49. The second kappa shape index (κ2) is 5.78. The van der Waals surface area contributed by atoms with E-state index in [4.69, 9.17) is 0 Å². The van der Waals surface area contributed by atoms with Gasteiger partial charge in [-0.2, -0.15) is 5.10 Å². The molecule has 2 rings (SSSR count). The van der Waals surface area contributed by atoms with Crippen LogP contribution in [0.25, 0.3) is 0 Å². The maximum atomic E-state index is 12.1. The second-order valence-electron chi connectivity index (χ2n) is 5.16. The number of nitrogens with one attached hydrogen (secondary N) is 2. The summed E-state index contributed by atoms with van der Waals surface area (Å²) in [6.07, 6.45) is 1.42. The number of hydrogen-bond acceptors (Lipinski definition) is 3. The molecular formula is C15H17N3O3. The number of carboxylic acid groups (broad SMARTS) is 1. The number of hydrogen-bond donors (Lipinski definition) is 3. The van der Waals surface area contributed by atoms with E-state index < -0.39 is 11.4 Å². The predicted octanol–water partition coefficient (Wildman–Crippen LogP) is 2.09. The van der Waals surface area contributed by atoms with Gasteiger partial charge in [-0.25, -0.2) is 0 Å². The highest BCUT2D eigenvalue weighted by Crippen LogP contribution is 2.28. The maximum Gasteiger partial charge on any atom is 0.314 e. The van der Waals surface area contributed by atoms with Crippen molar-refractivity contribution in [2.24, 2.45) is 0 Å². The number of carbonyl (C=O) groups excluding carboxylic acids is 1. The fourth-order valence-corrected chi connectivity index (χ4v) is 2.08. The van der Waals surface area contributed by atoms with Crippen LogP contribution in [0.5, 0.6) is 0 Å². The van der Waals surface area contributed by atoms with Gasteiger partial charge in [-0.1, -0.05) is 30.3 Å². The van der Waals surface area contributed by atoms with E-state index in [0.717, 1.165) is 5.56 Å². The summed E-state index contributed by atoms with van der Waals surface area (Å²) in [6.45, 7) is 3.34. The first kappa shape index (κ1) is 14.8. The molecular weight excluding hydrogens is 270 g/mol. The molecule has 1 heterocycles. The number of aryl methyl sites for hydroxylation is 1. The zero-order chi connectivity index (χ0) is 15.5. The average molecular weight is 287 g/mol. The second-order valence-corrected chi connectivity index (χ2v) is 5.16. The Morgan fingerprint density at radius 3 is 2.52 bits per heavy atom. The molecule has 21 heavy (non-hydrogen) atoms. The lowest BCUT2D eigenvalue weighted by Gasteiger charge is -2.24. The SMILES string of the molecule is Cc1cn[nH]c1NC(=O)CC(C)(C(=O)O)c1ccccc1. The molecule has 0 aliphatic heterocycles. The molecule has 0 spiro atoms. The lowest BCUT2D eigenvalue weighted by Crippen LogP contribution is -2.36. The van der Waals surface area contributed by atoms with Crippen LogP contribution in [0.15, 0.2) is 36.5 Å². The average Bonchev–Trinajstić information content (AvgIpc) is 2.84. The van der Waals surface area contributed by atoms with Gasteiger partial charge in [0.1, 0.15) is 5.82 Å². The van der Waals surface area contributed by atoms with Crippen LogP contribution >= 0.6 is 0 Å². The molecule has 1 unspecified atom stereocenters. The monoisotopic (exact) mass is 287 g/mol. The highest BCUT2D eigenvalue weighted by Gasteiger charge is 2.37. The van der Waals surface area contributed by atoms with Gasteiger partial charge in [0.05, 0.1) is 11.6 Å². The lowest BCUT2D eigenvalue weighted by atomic mass is 9.79. The van der Waals surface area contributed by atoms with E-state index in [1.54, 1.807) is 50.4 Å². The Kier molecular flexibility index (Phi) is 4.07. The van der Waals surface area contributed by atoms with Crippen molar-refractivity contribution in [1.82, 2.24) is 10.2 Å². The predicted molar refractivity (Wildman–Crippen MR) is 78.0 cm³/mol. The topological polar surface area (TPSA) is 95.1 Å². The Labute approximate surface area is 122 Å². The molecule has 0 fully saturated rings. The molecule has 6 nitrogen and oxygen atoms in total. The number of anilines is 1. The Morgan fingerprint density at radius 2 is 2.00 bits per heavy atom. The maximum absolute atomic E-state index is 12.1. The van der Waals surface area contributed by atoms with Crippen molar-refractivity contribution in [3.8, 4) is 0 Å². The third-order valence-corrected chi connectivity index (χ3v) is 3.49. The number of carbonyl (C=O) groups is 2. The fraction of sp³-hybridized carbons (Fsp3) is 0.267. The van der Waals surface area contributed by atoms with Crippen molar-refractivity contribution in [1.29, 1.82) is 0 Å². The Bertz CT molecular complexity index is 651. The molecule has 0 saturated carbocycles. The van der Waals surface area contributed by atoms with Gasteiger partial charge >= 0.3 is 5.97 Å². The van der Waals surface area contributed by atoms with Crippen molar-refractivity contribution in [3.05, 3.63) is 47.7 Å². The minimum Gasteiger partial charge on any atom is -0.481 e. The molecule has 0 bridgehead atoms. The van der Waals surface area contributed by atoms with Crippen molar-refractivity contribution < 1.29 is 14.7 Å². The van der Waals surface area contributed by atoms with Crippen LogP contribution in [0.1, 0.15) is 24.5 Å². The highest BCUT2D eigenvalue weighted by molar-refractivity contribution is 5.96. The van der Waals surface area contributed by atoms with Crippen molar-refractivity contribution in [2.75, 3.05) is 5.32 Å². The van der Waals surface area contributed by atoms with Crippen LogP contribution in [0.4, 0.5) is 5.82 Å². The molecule has 0 aliphatic carbocycles. The lowest BCUT2D eigenvalue weighted by molar-refractivity contribution is -0.145. The molecule has 0 radical (unpaired) electrons. The van der Waals surface area contributed by atoms with Gasteiger partial charge in [-0.15, -0.1) is 0 Å². The summed E-state index contributed by atoms with van der Waals surface area (Å²) in [6, 6.07) is 8.74. The van der Waals surface area contributed by atoms with E-state index in [1.807, 2.05) is 0 Å². The summed E-state index contributed by atoms with van der Waals surface area (Å²) in [7, 11) is 0. The number of aromatic nitrogens is 2. The minimum atomic E-state index is -1.28. The number of aromatic amines is 1. The molecule has 0 aliphatic rings. The number of benzene rings is 1. The number of amides is 1. The molecule has 1 aromatic heterocycles. The number of carboxylic acids is 1. The number of nitrogens with zero attached hydrogens (tertiary/aromatic N) is 1. The van der Waals surface area contributed by atoms with Gasteiger partial charge in [0.15, 0.2) is 0 Å². The highest BCUT2D eigenvalue weighted by atomic mass is 16.4. The van der Waals surface area contributed by atoms with E-state index in [-0.39, 0.29) is 12.3 Å². The van der Waals surface area contributed by atoms with Gasteiger partial charge in [0.2, 0.25) is 5.91 Å². The van der Waals surface area contributed by atoms with Crippen molar-refractivity contribution in [3.63, 3.8) is 0 Å². The largest absolute Gasteiger partial charge is 0.481 e. The zero-order valence-corrected chi connectivity index (χ0v) is 11.9. The Hall–Kier alpha value is -2.63. The molecule has 1 atom stereocenters. The van der Waals surface area contributed by atoms with Crippen LogP contribution in [0, 0.1) is 6.92 Å². The quantitative estimate of drug-likeness (QED) is 0.784. The first-order valence-corrected chi connectivity index (χ1v) is 6.52. The Morgan fingerprint density at radius 1 is 1.33 bits per heavy atom. The summed E-state index contributed by atoms with van der Waals surface area (Å²) in [5.41, 5.74) is 0.105. The first-order valence-electron chi connectivity index (χ1n) is 6.52. The van der Waals surface area contributed by atoms with E-state index in [0.29, 0.717) is 11.4 Å². The molecule has 3 N–H and O–H groups in total. The minimum absolute atomic E-state index is 0.162. The van der Waals surface area contributed by atoms with Gasteiger partial charge in [-0.3, -0.25) is 14.7 Å². The van der Waals surface area contributed by atoms with E-state index in [9.17, 15) is 14.7 Å². The van der Waals surface area contributed by atoms with Gasteiger partial charge in [0, 0.05) is 12.0 Å². The van der Waals surface area contributed by atoms with E-state index >= 15 is 0 Å². The fourth-order valence-electron chi connectivity index (χ4n) is 2.08. The van der Waals surface area contributed by atoms with Crippen LogP contribution in [-0.4, -0.2) is 27.2 Å². The molecule has 6 heteroatoms. The first-order chi connectivity index (χ1) is 9.93. The normalized spacial score (nSPS) is 13.4. The van der Waals surface area contributed by atoms with Crippen LogP contribution < -0.4 is 5.32 Å². The molecule has 110 valence electrons. The number of H-pyrrole nitrogens is 1. The standard InChI is InChI=1S/C15H17N3O3/c1-10-9-16-18-13(10)17-12(19)8-15(2,14(20)21)11-6-4-3-5-7-11/h3-7,9H,8H2,1-2H3,(H,20,21)(H2,16,17,18,19). The number of rotatable bonds is 5. The zero-order valence-electron chi connectivity index (χ0n) is 11.9. The van der Waals surface area contributed by atoms with Crippen molar-refractivity contribution in [2.45, 2.75) is 25.7 Å². The van der Waals surface area contributed by atoms with Crippen molar-refractivity contribution >= 4 is 17.7 Å². The summed E-state index contributed by atoms with van der Waals surface area (Å²) in [5.74, 6) is -0.929. The van der Waals surface area contributed by atoms with Crippen LogP contribution in [-0.2, 0) is 15.0 Å². The third kappa shape index (κ3) is 3.10. The molecule has 0 saturated heterocycles. The van der Waals surface area contributed by atoms with E-state index in [2.05, 4.69) is 15.5 Å².